The third-order valence-corrected chi connectivity index (χ3v) is 4.16. The van der Waals surface area contributed by atoms with Crippen LogP contribution in [0.1, 0.15) is 11.9 Å². The van der Waals surface area contributed by atoms with Gasteiger partial charge >= 0.3 is 0 Å². The first-order valence-electron chi connectivity index (χ1n) is 5.82. The first-order chi connectivity index (χ1) is 9.22. The van der Waals surface area contributed by atoms with E-state index in [9.17, 15) is 0 Å². The lowest BCUT2D eigenvalue weighted by Gasteiger charge is -2.18. The minimum absolute atomic E-state index is 0.0826. The normalized spacial score (nSPS) is 19.5. The molecule has 0 saturated carbocycles. The number of benzene rings is 1. The van der Waals surface area contributed by atoms with Crippen LogP contribution in [0.2, 0.25) is 0 Å². The molecule has 2 N–H and O–H groups in total. The first-order valence-corrected chi connectivity index (χ1v) is 7.76. The maximum atomic E-state index is 5.80. The van der Waals surface area contributed by atoms with E-state index in [0.29, 0.717) is 17.4 Å². The Hall–Kier alpha value is -1.05. The molecule has 1 atom stereocenters. The van der Waals surface area contributed by atoms with Gasteiger partial charge in [-0.05, 0) is 18.2 Å². The van der Waals surface area contributed by atoms with Crippen molar-refractivity contribution in [2.24, 2.45) is 0 Å². The Balaban J connectivity index is 1.87. The number of thioether (sulfide) groups is 1. The minimum atomic E-state index is -0.0826. The zero-order chi connectivity index (χ0) is 13.2. The molecule has 1 unspecified atom stereocenters. The van der Waals surface area contributed by atoms with Crippen LogP contribution in [-0.4, -0.2) is 28.3 Å². The lowest BCUT2D eigenvalue weighted by atomic mass is 10.2. The molecule has 0 spiro atoms. The van der Waals surface area contributed by atoms with E-state index in [1.807, 2.05) is 23.9 Å². The number of nitrogens with two attached hydrogens (primary N) is 1. The van der Waals surface area contributed by atoms with Crippen molar-refractivity contribution < 1.29 is 9.26 Å². The number of nitrogen functional groups attached to an aromatic ring is 1. The molecule has 1 aromatic heterocycles. The molecule has 19 heavy (non-hydrogen) atoms. The van der Waals surface area contributed by atoms with Crippen LogP contribution in [0.15, 0.2) is 27.2 Å². The summed E-state index contributed by atoms with van der Waals surface area (Å²) in [6, 6.07) is 5.52. The van der Waals surface area contributed by atoms with Gasteiger partial charge in [-0.25, -0.2) is 0 Å². The number of ether oxygens (including phenoxy) is 1. The number of anilines is 1. The molecule has 5 nitrogen and oxygen atoms in total. The molecule has 2 heterocycles. The van der Waals surface area contributed by atoms with Gasteiger partial charge in [0.15, 0.2) is 0 Å². The Morgan fingerprint density at radius 1 is 1.37 bits per heavy atom. The van der Waals surface area contributed by atoms with Crippen LogP contribution in [0, 0.1) is 0 Å². The van der Waals surface area contributed by atoms with Gasteiger partial charge in [0, 0.05) is 27.2 Å². The predicted molar refractivity (Wildman–Crippen MR) is 77.9 cm³/mol. The first kappa shape index (κ1) is 13.0. The smallest absolute Gasteiger partial charge is 0.258 e. The summed E-state index contributed by atoms with van der Waals surface area (Å²) < 4.78 is 11.8. The zero-order valence-electron chi connectivity index (χ0n) is 10.0. The van der Waals surface area contributed by atoms with Gasteiger partial charge in [-0.2, -0.15) is 16.7 Å². The van der Waals surface area contributed by atoms with Crippen LogP contribution in [0.5, 0.6) is 0 Å². The summed E-state index contributed by atoms with van der Waals surface area (Å²) in [5, 5.41) is 4.00. The van der Waals surface area contributed by atoms with Gasteiger partial charge in [0.1, 0.15) is 6.10 Å². The second-order valence-electron chi connectivity index (χ2n) is 4.17. The fourth-order valence-corrected chi connectivity index (χ4v) is 3.21. The molecule has 0 amide bonds. The highest BCUT2D eigenvalue weighted by atomic mass is 79.9. The molecule has 1 aromatic carbocycles. The maximum absolute atomic E-state index is 5.80. The van der Waals surface area contributed by atoms with E-state index in [-0.39, 0.29) is 6.10 Å². The standard InChI is InChI=1S/C12H12BrN3O2S/c13-8-3-7(4-9(14)5-8)12-15-11(16-18-12)10-6-19-2-1-17-10/h3-5,10H,1-2,6,14H2. The number of hydrogen-bond acceptors (Lipinski definition) is 6. The summed E-state index contributed by atoms with van der Waals surface area (Å²) in [6.07, 6.45) is -0.0826. The number of halogens is 1. The maximum Gasteiger partial charge on any atom is 0.258 e. The van der Waals surface area contributed by atoms with E-state index >= 15 is 0 Å². The molecule has 3 rings (SSSR count). The number of aromatic nitrogens is 2. The molecule has 0 bridgehead atoms. The second kappa shape index (κ2) is 5.52. The highest BCUT2D eigenvalue weighted by Gasteiger charge is 2.22. The molecule has 1 saturated heterocycles. The van der Waals surface area contributed by atoms with E-state index in [2.05, 4.69) is 26.1 Å². The van der Waals surface area contributed by atoms with Crippen molar-refractivity contribution in [2.75, 3.05) is 23.8 Å². The SMILES string of the molecule is Nc1cc(Br)cc(-c2nc(C3CSCCO3)no2)c1. The molecule has 0 radical (unpaired) electrons. The third kappa shape index (κ3) is 2.93. The van der Waals surface area contributed by atoms with Crippen molar-refractivity contribution in [1.29, 1.82) is 0 Å². The van der Waals surface area contributed by atoms with Crippen LogP contribution in [-0.2, 0) is 4.74 Å². The van der Waals surface area contributed by atoms with E-state index in [1.165, 1.54) is 0 Å². The fourth-order valence-electron chi connectivity index (χ4n) is 1.86. The zero-order valence-corrected chi connectivity index (χ0v) is 12.4. The lowest BCUT2D eigenvalue weighted by molar-refractivity contribution is 0.0677. The van der Waals surface area contributed by atoms with Crippen molar-refractivity contribution in [3.8, 4) is 11.5 Å². The summed E-state index contributed by atoms with van der Waals surface area (Å²) in [4.78, 5) is 4.39. The Kier molecular flexibility index (Phi) is 3.76. The molecule has 7 heteroatoms. The summed E-state index contributed by atoms with van der Waals surface area (Å²) in [7, 11) is 0. The van der Waals surface area contributed by atoms with Crippen molar-refractivity contribution in [3.63, 3.8) is 0 Å². The van der Waals surface area contributed by atoms with E-state index < -0.39 is 0 Å². The number of hydrogen-bond donors (Lipinski definition) is 1. The molecule has 2 aromatic rings. The van der Waals surface area contributed by atoms with Crippen molar-refractivity contribution in [1.82, 2.24) is 10.1 Å². The molecule has 1 fully saturated rings. The van der Waals surface area contributed by atoms with Crippen LogP contribution in [0.3, 0.4) is 0 Å². The molecular weight excluding hydrogens is 330 g/mol. The van der Waals surface area contributed by atoms with Crippen molar-refractivity contribution in [3.05, 3.63) is 28.5 Å². The molecule has 100 valence electrons. The predicted octanol–water partition coefficient (Wildman–Crippen LogP) is 2.89. The molecule has 1 aliphatic rings. The third-order valence-electron chi connectivity index (χ3n) is 2.71. The quantitative estimate of drug-likeness (QED) is 0.846. The monoisotopic (exact) mass is 341 g/mol. The molecule has 0 aliphatic carbocycles. The van der Waals surface area contributed by atoms with Gasteiger partial charge < -0.3 is 15.0 Å². The van der Waals surface area contributed by atoms with Gasteiger partial charge in [0.05, 0.1) is 6.61 Å². The van der Waals surface area contributed by atoms with E-state index in [4.69, 9.17) is 15.0 Å². The van der Waals surface area contributed by atoms with Crippen LogP contribution in [0.4, 0.5) is 5.69 Å². The number of rotatable bonds is 2. The topological polar surface area (TPSA) is 74.2 Å². The Morgan fingerprint density at radius 3 is 3.00 bits per heavy atom. The second-order valence-corrected chi connectivity index (χ2v) is 6.23. The average Bonchev–Trinajstić information content (AvgIpc) is 2.88. The van der Waals surface area contributed by atoms with Gasteiger partial charge in [-0.1, -0.05) is 21.1 Å². The minimum Gasteiger partial charge on any atom is -0.399 e. The Bertz CT molecular complexity index is 564. The summed E-state index contributed by atoms with van der Waals surface area (Å²) in [5.74, 6) is 2.94. The van der Waals surface area contributed by atoms with Crippen LogP contribution >= 0.6 is 27.7 Å². The largest absolute Gasteiger partial charge is 0.399 e. The van der Waals surface area contributed by atoms with Gasteiger partial charge in [0.2, 0.25) is 5.82 Å². The van der Waals surface area contributed by atoms with Gasteiger partial charge in [-0.15, -0.1) is 0 Å². The van der Waals surface area contributed by atoms with Gasteiger partial charge in [-0.3, -0.25) is 0 Å². The summed E-state index contributed by atoms with van der Waals surface area (Å²) in [6.45, 7) is 0.725. The highest BCUT2D eigenvalue weighted by molar-refractivity contribution is 9.10. The Labute approximate surface area is 123 Å². The summed E-state index contributed by atoms with van der Waals surface area (Å²) >= 11 is 5.23. The highest BCUT2D eigenvalue weighted by Crippen LogP contribution is 2.28. The van der Waals surface area contributed by atoms with Crippen LogP contribution in [0.25, 0.3) is 11.5 Å². The molecule has 1 aliphatic heterocycles. The number of nitrogens with zero attached hydrogens (tertiary/aromatic N) is 2. The van der Waals surface area contributed by atoms with Gasteiger partial charge in [0.25, 0.3) is 5.89 Å². The Morgan fingerprint density at radius 2 is 2.26 bits per heavy atom. The van der Waals surface area contributed by atoms with Crippen molar-refractivity contribution >= 4 is 33.4 Å². The molecular formula is C12H12BrN3O2S. The fraction of sp³-hybridized carbons (Fsp3) is 0.333. The van der Waals surface area contributed by atoms with Crippen molar-refractivity contribution in [2.45, 2.75) is 6.10 Å². The average molecular weight is 342 g/mol. The van der Waals surface area contributed by atoms with E-state index in [0.717, 1.165) is 28.1 Å². The van der Waals surface area contributed by atoms with Crippen LogP contribution < -0.4 is 5.73 Å². The lowest BCUT2D eigenvalue weighted by Crippen LogP contribution is -2.16. The van der Waals surface area contributed by atoms with E-state index in [1.54, 1.807) is 6.07 Å². The summed E-state index contributed by atoms with van der Waals surface area (Å²) in [5.41, 5.74) is 7.25.